The fourth-order valence-electron chi connectivity index (χ4n) is 3.67. The lowest BCUT2D eigenvalue weighted by molar-refractivity contribution is -0.137. The van der Waals surface area contributed by atoms with Crippen LogP contribution in [0.1, 0.15) is 22.9 Å². The third kappa shape index (κ3) is 3.13. The molecule has 6 heteroatoms. The Labute approximate surface area is 155 Å². The van der Waals surface area contributed by atoms with E-state index in [1.807, 2.05) is 47.2 Å². The molecule has 0 saturated heterocycles. The van der Waals surface area contributed by atoms with Crippen molar-refractivity contribution < 1.29 is 18.3 Å². The molecular formula is C21H18F2N2O2. The second-order valence-electron chi connectivity index (χ2n) is 6.49. The summed E-state index contributed by atoms with van der Waals surface area (Å²) < 4.78 is 34.9. The zero-order valence-corrected chi connectivity index (χ0v) is 14.7. The number of ether oxygens (including phenoxy) is 1. The summed E-state index contributed by atoms with van der Waals surface area (Å²) in [5, 5.41) is 0. The summed E-state index contributed by atoms with van der Waals surface area (Å²) in [5.41, 5.74) is 3.02. The minimum absolute atomic E-state index is 0.114. The Morgan fingerprint density at radius 2 is 1.85 bits per heavy atom. The molecule has 4 nitrogen and oxygen atoms in total. The summed E-state index contributed by atoms with van der Waals surface area (Å²) in [6, 6.07) is 14.2. The number of carbonyl (C=O) groups is 1. The molecule has 3 aromatic rings. The van der Waals surface area contributed by atoms with Crippen LogP contribution in [0.5, 0.6) is 0 Å². The van der Waals surface area contributed by atoms with Gasteiger partial charge in [-0.15, -0.1) is 0 Å². The lowest BCUT2D eigenvalue weighted by Crippen LogP contribution is -2.37. The van der Waals surface area contributed by atoms with Gasteiger partial charge in [0.2, 0.25) is 5.91 Å². The van der Waals surface area contributed by atoms with Gasteiger partial charge < -0.3 is 14.2 Å². The molecule has 1 aliphatic rings. The van der Waals surface area contributed by atoms with Crippen molar-refractivity contribution in [2.45, 2.75) is 12.6 Å². The van der Waals surface area contributed by atoms with Gasteiger partial charge in [-0.2, -0.15) is 0 Å². The maximum atomic E-state index is 14.0. The van der Waals surface area contributed by atoms with Crippen LogP contribution in [0, 0.1) is 11.6 Å². The van der Waals surface area contributed by atoms with Gasteiger partial charge >= 0.3 is 0 Å². The van der Waals surface area contributed by atoms with Crippen molar-refractivity contribution in [1.29, 1.82) is 0 Å². The molecule has 1 amide bonds. The fraction of sp³-hybridized carbons (Fsp3) is 0.190. The monoisotopic (exact) mass is 368 g/mol. The number of fused-ring (bicyclic) bond motifs is 3. The third-order valence-corrected chi connectivity index (χ3v) is 4.75. The number of benzene rings is 2. The van der Waals surface area contributed by atoms with E-state index in [-0.39, 0.29) is 12.5 Å². The number of para-hydroxylation sites is 1. The van der Waals surface area contributed by atoms with Crippen molar-refractivity contribution >= 4 is 5.91 Å². The molecule has 0 aliphatic carbocycles. The predicted molar refractivity (Wildman–Crippen MR) is 96.4 cm³/mol. The molecule has 0 fully saturated rings. The molecule has 0 N–H and O–H groups in total. The summed E-state index contributed by atoms with van der Waals surface area (Å²) in [5.74, 6) is -1.61. The van der Waals surface area contributed by atoms with Crippen LogP contribution in [-0.2, 0) is 16.1 Å². The molecule has 2 heterocycles. The van der Waals surface area contributed by atoms with E-state index in [1.165, 1.54) is 19.2 Å². The van der Waals surface area contributed by atoms with Crippen molar-refractivity contribution in [3.05, 3.63) is 89.2 Å². The minimum atomic E-state index is -0.677. The van der Waals surface area contributed by atoms with Gasteiger partial charge in [0, 0.05) is 31.6 Å². The average Bonchev–Trinajstić information content (AvgIpc) is 3.05. The zero-order valence-electron chi connectivity index (χ0n) is 14.7. The third-order valence-electron chi connectivity index (χ3n) is 4.75. The predicted octanol–water partition coefficient (Wildman–Crippen LogP) is 3.83. The van der Waals surface area contributed by atoms with Gasteiger partial charge in [-0.25, -0.2) is 8.78 Å². The number of hydrogen-bond acceptors (Lipinski definition) is 2. The standard InChI is InChI=1S/C21H18F2N2O2/c1-27-13-20(26)25-12-14-5-2-3-6-18(14)24-8-4-7-19(24)21(25)15-9-16(22)11-17(23)10-15/h2-11,21H,12-13H2,1H3. The Morgan fingerprint density at radius 1 is 1.11 bits per heavy atom. The molecular weight excluding hydrogens is 350 g/mol. The maximum Gasteiger partial charge on any atom is 0.249 e. The van der Waals surface area contributed by atoms with Crippen LogP contribution < -0.4 is 0 Å². The number of aromatic nitrogens is 1. The molecule has 1 aliphatic heterocycles. The Kier molecular flexibility index (Phi) is 4.49. The number of rotatable bonds is 3. The second kappa shape index (κ2) is 6.96. The first kappa shape index (κ1) is 17.4. The number of carbonyl (C=O) groups excluding carboxylic acids is 1. The molecule has 0 spiro atoms. The van der Waals surface area contributed by atoms with E-state index < -0.39 is 17.7 Å². The SMILES string of the molecule is COCC(=O)N1Cc2ccccc2-n2cccc2C1c1cc(F)cc(F)c1. The van der Waals surface area contributed by atoms with Crippen molar-refractivity contribution in [3.8, 4) is 5.69 Å². The van der Waals surface area contributed by atoms with Crippen molar-refractivity contribution in [1.82, 2.24) is 9.47 Å². The topological polar surface area (TPSA) is 34.5 Å². The van der Waals surface area contributed by atoms with Gasteiger partial charge in [0.25, 0.3) is 0 Å². The van der Waals surface area contributed by atoms with Gasteiger partial charge in [0.1, 0.15) is 18.2 Å². The van der Waals surface area contributed by atoms with E-state index in [0.717, 1.165) is 23.0 Å². The van der Waals surface area contributed by atoms with E-state index in [1.54, 1.807) is 4.90 Å². The fourth-order valence-corrected chi connectivity index (χ4v) is 3.67. The minimum Gasteiger partial charge on any atom is -0.375 e. The van der Waals surface area contributed by atoms with E-state index in [2.05, 4.69) is 0 Å². The molecule has 0 radical (unpaired) electrons. The number of amides is 1. The van der Waals surface area contributed by atoms with Crippen molar-refractivity contribution in [3.63, 3.8) is 0 Å². The first-order chi connectivity index (χ1) is 13.1. The zero-order chi connectivity index (χ0) is 19.0. The molecule has 0 bridgehead atoms. The molecule has 1 aromatic heterocycles. The number of halogens is 2. The first-order valence-corrected chi connectivity index (χ1v) is 8.58. The van der Waals surface area contributed by atoms with Gasteiger partial charge in [0.15, 0.2) is 0 Å². The van der Waals surface area contributed by atoms with Crippen LogP contribution in [0.25, 0.3) is 5.69 Å². The Bertz CT molecular complexity index is 979. The molecule has 0 saturated carbocycles. The molecule has 1 atom stereocenters. The van der Waals surface area contributed by atoms with Crippen LogP contribution in [0.15, 0.2) is 60.8 Å². The first-order valence-electron chi connectivity index (χ1n) is 8.58. The summed E-state index contributed by atoms with van der Waals surface area (Å²) in [6.07, 6.45) is 1.89. The van der Waals surface area contributed by atoms with Gasteiger partial charge in [0.05, 0.1) is 11.7 Å². The Hall–Kier alpha value is -2.99. The molecule has 4 rings (SSSR count). The average molecular weight is 368 g/mol. The van der Waals surface area contributed by atoms with E-state index in [0.29, 0.717) is 12.1 Å². The highest BCUT2D eigenvalue weighted by Gasteiger charge is 2.33. The number of nitrogens with zero attached hydrogens (tertiary/aromatic N) is 2. The number of methoxy groups -OCH3 is 1. The molecule has 27 heavy (non-hydrogen) atoms. The van der Waals surface area contributed by atoms with E-state index in [4.69, 9.17) is 4.74 Å². The second-order valence-corrected chi connectivity index (χ2v) is 6.49. The quantitative estimate of drug-likeness (QED) is 0.704. The van der Waals surface area contributed by atoms with Crippen LogP contribution in [0.3, 0.4) is 0 Å². The summed E-state index contributed by atoms with van der Waals surface area (Å²) in [6.45, 7) is 0.194. The summed E-state index contributed by atoms with van der Waals surface area (Å²) >= 11 is 0. The largest absolute Gasteiger partial charge is 0.375 e. The Balaban J connectivity index is 1.94. The highest BCUT2D eigenvalue weighted by Crippen LogP contribution is 2.37. The van der Waals surface area contributed by atoms with Crippen molar-refractivity contribution in [2.24, 2.45) is 0 Å². The molecule has 1 unspecified atom stereocenters. The molecule has 2 aromatic carbocycles. The van der Waals surface area contributed by atoms with Gasteiger partial charge in [-0.05, 0) is 41.5 Å². The summed E-state index contributed by atoms with van der Waals surface area (Å²) in [4.78, 5) is 14.5. The van der Waals surface area contributed by atoms with Crippen LogP contribution in [-0.4, -0.2) is 29.1 Å². The van der Waals surface area contributed by atoms with Crippen LogP contribution >= 0.6 is 0 Å². The highest BCUT2D eigenvalue weighted by molar-refractivity contribution is 5.79. The van der Waals surface area contributed by atoms with E-state index in [9.17, 15) is 13.6 Å². The van der Waals surface area contributed by atoms with Gasteiger partial charge in [-0.3, -0.25) is 4.79 Å². The highest BCUT2D eigenvalue weighted by atomic mass is 19.1. The smallest absolute Gasteiger partial charge is 0.249 e. The normalized spacial score (nSPS) is 15.8. The van der Waals surface area contributed by atoms with Crippen LogP contribution in [0.2, 0.25) is 0 Å². The maximum absolute atomic E-state index is 14.0. The van der Waals surface area contributed by atoms with Crippen LogP contribution in [0.4, 0.5) is 8.78 Å². The Morgan fingerprint density at radius 3 is 2.59 bits per heavy atom. The lowest BCUT2D eigenvalue weighted by Gasteiger charge is -2.30. The number of hydrogen-bond donors (Lipinski definition) is 0. The molecule has 138 valence electrons. The van der Waals surface area contributed by atoms with Crippen molar-refractivity contribution in [2.75, 3.05) is 13.7 Å². The van der Waals surface area contributed by atoms with Gasteiger partial charge in [-0.1, -0.05) is 18.2 Å². The lowest BCUT2D eigenvalue weighted by atomic mass is 10.0. The van der Waals surface area contributed by atoms with E-state index >= 15 is 0 Å². The summed E-state index contributed by atoms with van der Waals surface area (Å²) in [7, 11) is 1.45.